The van der Waals surface area contributed by atoms with Gasteiger partial charge in [-0.05, 0) is 13.0 Å². The van der Waals surface area contributed by atoms with Gasteiger partial charge >= 0.3 is 24.0 Å². The largest absolute Gasteiger partial charge is 0.545 e. The van der Waals surface area contributed by atoms with Crippen molar-refractivity contribution in [3.8, 4) is 0 Å². The van der Waals surface area contributed by atoms with Crippen LogP contribution in [0.5, 0.6) is 0 Å². The van der Waals surface area contributed by atoms with E-state index in [4.69, 9.17) is 0 Å². The van der Waals surface area contributed by atoms with Gasteiger partial charge in [-0.3, -0.25) is 0 Å². The molecule has 0 saturated carbocycles. The van der Waals surface area contributed by atoms with E-state index in [1.54, 1.807) is 0 Å². The molecule has 0 saturated heterocycles. The summed E-state index contributed by atoms with van der Waals surface area (Å²) in [5.41, 5.74) is -5.72. The van der Waals surface area contributed by atoms with E-state index in [1.807, 2.05) is 0 Å². The second-order valence-corrected chi connectivity index (χ2v) is 6.00. The first-order valence-electron chi connectivity index (χ1n) is 6.25. The van der Waals surface area contributed by atoms with E-state index in [1.165, 1.54) is 0 Å². The van der Waals surface area contributed by atoms with Gasteiger partial charge in [0.1, 0.15) is 0 Å². The number of hydrogen-bond donors (Lipinski definition) is 0. The van der Waals surface area contributed by atoms with E-state index < -0.39 is 41.0 Å². The van der Waals surface area contributed by atoms with Crippen molar-refractivity contribution < 1.29 is 50.2 Å². The molecule has 0 N–H and O–H groups in total. The van der Waals surface area contributed by atoms with Gasteiger partial charge in [-0.2, -0.15) is 30.7 Å². The first-order chi connectivity index (χ1) is 10.3. The summed E-state index contributed by atoms with van der Waals surface area (Å²) in [7, 11) is 0. The molecule has 0 rings (SSSR count). The number of carbonyl (C=O) groups excluding carboxylic acids is 2. The van der Waals surface area contributed by atoms with Gasteiger partial charge in [-0.25, -0.2) is 4.79 Å². The summed E-state index contributed by atoms with van der Waals surface area (Å²) in [6.07, 6.45) is -6.51. The first kappa shape index (κ1) is 22.2. The van der Waals surface area contributed by atoms with E-state index in [0.29, 0.717) is 0 Å². The van der Waals surface area contributed by atoms with Gasteiger partial charge in [0.15, 0.2) is 5.60 Å². The zero-order valence-corrected chi connectivity index (χ0v) is 12.9. The van der Waals surface area contributed by atoms with Crippen LogP contribution in [0, 0.1) is 5.41 Å². The van der Waals surface area contributed by atoms with Crippen molar-refractivity contribution in [2.24, 2.45) is 5.41 Å². The Labute approximate surface area is 132 Å². The number of esters is 1. The number of aliphatic carboxylic acids is 1. The SMILES string of the molecule is CC(C)(C)C(C)(OC(=O)/C=C/C(=O)[O-])C(F)(F)C(F)(F)C(F)(F)F. The van der Waals surface area contributed by atoms with Crippen molar-refractivity contribution in [3.05, 3.63) is 12.2 Å². The van der Waals surface area contributed by atoms with Crippen molar-refractivity contribution >= 4 is 11.9 Å². The molecule has 0 radical (unpaired) electrons. The van der Waals surface area contributed by atoms with Gasteiger partial charge < -0.3 is 14.6 Å². The Morgan fingerprint density at radius 1 is 0.833 bits per heavy atom. The highest BCUT2D eigenvalue weighted by Crippen LogP contribution is 2.56. The number of carboxylic acid groups (broad SMARTS) is 1. The van der Waals surface area contributed by atoms with Gasteiger partial charge in [0.2, 0.25) is 0 Å². The maximum Gasteiger partial charge on any atom is 0.460 e. The zero-order chi connectivity index (χ0) is 19.8. The molecule has 0 aromatic carbocycles. The van der Waals surface area contributed by atoms with Crippen LogP contribution < -0.4 is 5.11 Å². The lowest BCUT2D eigenvalue weighted by molar-refractivity contribution is -0.396. The predicted molar refractivity (Wildman–Crippen MR) is 64.0 cm³/mol. The standard InChI is InChI=1S/C13H15F7O4/c1-9(2,3)10(4,24-8(23)6-5-7(21)22)11(14,15)12(16,17)13(18,19)20/h5-6H,1-4H3,(H,21,22)/p-1/b6-5+. The lowest BCUT2D eigenvalue weighted by Gasteiger charge is -2.47. The maximum absolute atomic E-state index is 14.1. The molecular formula is C13H14F7O4-. The molecular weight excluding hydrogens is 353 g/mol. The third kappa shape index (κ3) is 3.81. The second-order valence-electron chi connectivity index (χ2n) is 6.00. The first-order valence-corrected chi connectivity index (χ1v) is 6.25. The zero-order valence-electron chi connectivity index (χ0n) is 12.9. The normalized spacial score (nSPS) is 16.8. The molecule has 24 heavy (non-hydrogen) atoms. The van der Waals surface area contributed by atoms with Gasteiger partial charge in [0, 0.05) is 11.5 Å². The average molecular weight is 367 g/mol. The minimum atomic E-state index is -6.61. The molecule has 1 unspecified atom stereocenters. The molecule has 0 aliphatic carbocycles. The van der Waals surface area contributed by atoms with Crippen LogP contribution in [0.1, 0.15) is 27.7 Å². The maximum atomic E-state index is 14.1. The van der Waals surface area contributed by atoms with Crippen LogP contribution in [-0.2, 0) is 14.3 Å². The smallest absolute Gasteiger partial charge is 0.460 e. The minimum absolute atomic E-state index is 0.0471. The van der Waals surface area contributed by atoms with E-state index in [9.17, 15) is 45.4 Å². The quantitative estimate of drug-likeness (QED) is 0.425. The number of carbonyl (C=O) groups is 2. The Hall–Kier alpha value is -1.81. The van der Waals surface area contributed by atoms with E-state index in [0.717, 1.165) is 20.8 Å². The molecule has 0 aliphatic heterocycles. The Morgan fingerprint density at radius 3 is 1.54 bits per heavy atom. The average Bonchev–Trinajstić information content (AvgIpc) is 2.32. The molecule has 4 nitrogen and oxygen atoms in total. The van der Waals surface area contributed by atoms with Crippen molar-refractivity contribution in [1.29, 1.82) is 0 Å². The fourth-order valence-electron chi connectivity index (χ4n) is 1.54. The molecule has 0 aromatic heterocycles. The molecule has 0 amide bonds. The Balaban J connectivity index is 6.12. The molecule has 0 bridgehead atoms. The van der Waals surface area contributed by atoms with Crippen LogP contribution in [0.3, 0.4) is 0 Å². The summed E-state index contributed by atoms with van der Waals surface area (Å²) in [6, 6.07) is 0. The second kappa shape index (κ2) is 6.25. The lowest BCUT2D eigenvalue weighted by atomic mass is 9.71. The monoisotopic (exact) mass is 367 g/mol. The number of halogens is 7. The highest BCUT2D eigenvalue weighted by Gasteiger charge is 2.81. The fourth-order valence-corrected chi connectivity index (χ4v) is 1.54. The number of carboxylic acids is 1. The highest BCUT2D eigenvalue weighted by atomic mass is 19.4. The third-order valence-corrected chi connectivity index (χ3v) is 3.44. The van der Waals surface area contributed by atoms with Crippen LogP contribution in [-0.4, -0.2) is 35.6 Å². The Bertz CT molecular complexity index is 531. The number of hydrogen-bond acceptors (Lipinski definition) is 4. The predicted octanol–water partition coefficient (Wildman–Crippen LogP) is 2.47. The molecule has 11 heteroatoms. The summed E-state index contributed by atoms with van der Waals surface area (Å²) < 4.78 is 96.1. The lowest BCUT2D eigenvalue weighted by Crippen LogP contribution is -2.68. The molecule has 0 fully saturated rings. The van der Waals surface area contributed by atoms with Gasteiger partial charge in [-0.1, -0.05) is 20.8 Å². The van der Waals surface area contributed by atoms with Crippen molar-refractivity contribution in [2.45, 2.75) is 51.3 Å². The summed E-state index contributed by atoms with van der Waals surface area (Å²) >= 11 is 0. The van der Waals surface area contributed by atoms with E-state index in [2.05, 4.69) is 4.74 Å². The summed E-state index contributed by atoms with van der Waals surface area (Å²) in [6.45, 7) is 2.76. The van der Waals surface area contributed by atoms with Crippen molar-refractivity contribution in [2.75, 3.05) is 0 Å². The van der Waals surface area contributed by atoms with Crippen molar-refractivity contribution in [1.82, 2.24) is 0 Å². The van der Waals surface area contributed by atoms with E-state index >= 15 is 0 Å². The van der Waals surface area contributed by atoms with Crippen LogP contribution >= 0.6 is 0 Å². The number of ether oxygens (including phenoxy) is 1. The topological polar surface area (TPSA) is 66.4 Å². The van der Waals surface area contributed by atoms with Crippen LogP contribution in [0.25, 0.3) is 0 Å². The van der Waals surface area contributed by atoms with Crippen LogP contribution in [0.2, 0.25) is 0 Å². The summed E-state index contributed by atoms with van der Waals surface area (Å²) in [5, 5.41) is 10.1. The summed E-state index contributed by atoms with van der Waals surface area (Å²) in [5.74, 6) is -16.2. The molecule has 0 spiro atoms. The molecule has 1 atom stereocenters. The fraction of sp³-hybridized carbons (Fsp3) is 0.692. The molecule has 0 aromatic rings. The number of alkyl halides is 7. The third-order valence-electron chi connectivity index (χ3n) is 3.44. The minimum Gasteiger partial charge on any atom is -0.545 e. The van der Waals surface area contributed by atoms with Gasteiger partial charge in [-0.15, -0.1) is 0 Å². The van der Waals surface area contributed by atoms with Crippen LogP contribution in [0.15, 0.2) is 12.2 Å². The highest BCUT2D eigenvalue weighted by molar-refractivity contribution is 5.90. The molecule has 140 valence electrons. The van der Waals surface area contributed by atoms with Crippen molar-refractivity contribution in [3.63, 3.8) is 0 Å². The van der Waals surface area contributed by atoms with Gasteiger partial charge in [0.25, 0.3) is 0 Å². The molecule has 0 heterocycles. The Kier molecular flexibility index (Phi) is 5.77. The van der Waals surface area contributed by atoms with Gasteiger partial charge in [0.05, 0.1) is 5.97 Å². The molecule has 0 aliphatic rings. The summed E-state index contributed by atoms with van der Waals surface area (Å²) in [4.78, 5) is 21.5. The number of rotatable bonds is 5. The van der Waals surface area contributed by atoms with Crippen LogP contribution in [0.4, 0.5) is 30.7 Å². The Morgan fingerprint density at radius 2 is 1.25 bits per heavy atom. The van der Waals surface area contributed by atoms with E-state index in [-0.39, 0.29) is 19.1 Å².